The number of rotatable bonds is 4. The van der Waals surface area contributed by atoms with Crippen molar-refractivity contribution in [1.29, 1.82) is 0 Å². The lowest BCUT2D eigenvalue weighted by Gasteiger charge is -2.27. The molecule has 2 saturated heterocycles. The van der Waals surface area contributed by atoms with E-state index in [0.717, 1.165) is 19.3 Å². The zero-order valence-electron chi connectivity index (χ0n) is 11.6. The Morgan fingerprint density at radius 1 is 1.25 bits per heavy atom. The van der Waals surface area contributed by atoms with Gasteiger partial charge in [-0.15, -0.1) is 0 Å². The minimum Gasteiger partial charge on any atom is -0.481 e. The summed E-state index contributed by atoms with van der Waals surface area (Å²) in [5, 5.41) is 12.0. The Morgan fingerprint density at radius 2 is 2.05 bits per heavy atom. The van der Waals surface area contributed by atoms with Crippen LogP contribution in [0.3, 0.4) is 0 Å². The molecule has 6 heteroatoms. The van der Waals surface area contributed by atoms with Gasteiger partial charge in [0.2, 0.25) is 0 Å². The summed E-state index contributed by atoms with van der Waals surface area (Å²) in [6.07, 6.45) is 5.14. The zero-order valence-corrected chi connectivity index (χ0v) is 11.6. The third-order valence-electron chi connectivity index (χ3n) is 4.58. The summed E-state index contributed by atoms with van der Waals surface area (Å²) < 4.78 is 5.72. The summed E-state index contributed by atoms with van der Waals surface area (Å²) in [7, 11) is 0. The molecule has 20 heavy (non-hydrogen) atoms. The van der Waals surface area contributed by atoms with Crippen LogP contribution < -0.4 is 5.32 Å². The van der Waals surface area contributed by atoms with Gasteiger partial charge in [-0.3, -0.25) is 4.79 Å². The quantitative estimate of drug-likeness (QED) is 0.812. The average Bonchev–Trinajstić information content (AvgIpc) is 2.95. The summed E-state index contributed by atoms with van der Waals surface area (Å²) >= 11 is 0. The molecule has 0 radical (unpaired) electrons. The second kappa shape index (κ2) is 5.60. The topological polar surface area (TPSA) is 78.9 Å². The molecule has 0 aromatic heterocycles. The molecule has 6 nitrogen and oxygen atoms in total. The van der Waals surface area contributed by atoms with Gasteiger partial charge in [0.25, 0.3) is 0 Å². The van der Waals surface area contributed by atoms with Crippen molar-refractivity contribution in [3.8, 4) is 0 Å². The van der Waals surface area contributed by atoms with E-state index < -0.39 is 5.97 Å². The number of carbonyl (C=O) groups is 2. The average molecular weight is 282 g/mol. The number of amides is 2. The molecule has 0 aromatic carbocycles. The van der Waals surface area contributed by atoms with Crippen molar-refractivity contribution in [2.24, 2.45) is 5.92 Å². The van der Waals surface area contributed by atoms with Crippen LogP contribution in [0.5, 0.6) is 0 Å². The third-order valence-corrected chi connectivity index (χ3v) is 4.58. The number of aliphatic carboxylic acids is 1. The first-order valence-corrected chi connectivity index (χ1v) is 7.55. The number of nitrogens with one attached hydrogen (secondary N) is 1. The molecule has 3 unspecified atom stereocenters. The Bertz CT molecular complexity index is 397. The number of likely N-dealkylation sites (tertiary alicyclic amines) is 1. The minimum atomic E-state index is -0.838. The molecule has 3 rings (SSSR count). The highest BCUT2D eigenvalue weighted by Crippen LogP contribution is 2.38. The second-order valence-electron chi connectivity index (χ2n) is 6.10. The van der Waals surface area contributed by atoms with Crippen molar-refractivity contribution in [3.05, 3.63) is 0 Å². The lowest BCUT2D eigenvalue weighted by Crippen LogP contribution is -2.50. The number of nitrogens with zero attached hydrogens (tertiary/aromatic N) is 1. The molecule has 0 aromatic rings. The first-order valence-electron chi connectivity index (χ1n) is 7.55. The summed E-state index contributed by atoms with van der Waals surface area (Å²) in [4.78, 5) is 24.9. The van der Waals surface area contributed by atoms with Gasteiger partial charge < -0.3 is 20.1 Å². The smallest absolute Gasteiger partial charge is 0.317 e. The fourth-order valence-electron chi connectivity index (χ4n) is 3.41. The van der Waals surface area contributed by atoms with Crippen LogP contribution in [-0.4, -0.2) is 53.3 Å². The highest BCUT2D eigenvalue weighted by molar-refractivity contribution is 5.76. The lowest BCUT2D eigenvalue weighted by atomic mass is 10.1. The molecule has 0 spiro atoms. The third kappa shape index (κ3) is 2.90. The van der Waals surface area contributed by atoms with Crippen LogP contribution in [0.2, 0.25) is 0 Å². The lowest BCUT2D eigenvalue weighted by molar-refractivity contribution is -0.137. The maximum atomic E-state index is 12.3. The summed E-state index contributed by atoms with van der Waals surface area (Å²) in [6.45, 7) is 1.37. The van der Waals surface area contributed by atoms with E-state index in [9.17, 15) is 9.59 Å². The minimum absolute atomic E-state index is 0.0423. The monoisotopic (exact) mass is 282 g/mol. The predicted octanol–water partition coefficient (Wildman–Crippen LogP) is 1.20. The Balaban J connectivity index is 1.56. The largest absolute Gasteiger partial charge is 0.481 e. The van der Waals surface area contributed by atoms with Gasteiger partial charge in [-0.25, -0.2) is 4.79 Å². The van der Waals surface area contributed by atoms with Crippen molar-refractivity contribution in [2.45, 2.75) is 56.7 Å². The predicted molar refractivity (Wildman–Crippen MR) is 71.4 cm³/mol. The summed E-state index contributed by atoms with van der Waals surface area (Å²) in [6, 6.07) is -0.176. The Labute approximate surface area is 118 Å². The SMILES string of the molecule is O=C(O)CC1CCCN1C(=O)NC1CCOC1C1CC1. The summed E-state index contributed by atoms with van der Waals surface area (Å²) in [5.74, 6) is -0.231. The van der Waals surface area contributed by atoms with Crippen LogP contribution >= 0.6 is 0 Å². The second-order valence-corrected chi connectivity index (χ2v) is 6.10. The van der Waals surface area contributed by atoms with E-state index in [1.54, 1.807) is 4.90 Å². The van der Waals surface area contributed by atoms with Crippen LogP contribution in [0.25, 0.3) is 0 Å². The number of urea groups is 1. The van der Waals surface area contributed by atoms with Gasteiger partial charge >= 0.3 is 12.0 Å². The van der Waals surface area contributed by atoms with Crippen LogP contribution in [0.1, 0.15) is 38.5 Å². The Morgan fingerprint density at radius 3 is 2.75 bits per heavy atom. The van der Waals surface area contributed by atoms with Crippen molar-refractivity contribution in [2.75, 3.05) is 13.2 Å². The number of hydrogen-bond donors (Lipinski definition) is 2. The van der Waals surface area contributed by atoms with Crippen molar-refractivity contribution in [1.82, 2.24) is 10.2 Å². The number of ether oxygens (including phenoxy) is 1. The van der Waals surface area contributed by atoms with E-state index in [0.29, 0.717) is 19.1 Å². The van der Waals surface area contributed by atoms with E-state index in [1.807, 2.05) is 0 Å². The van der Waals surface area contributed by atoms with E-state index in [4.69, 9.17) is 9.84 Å². The van der Waals surface area contributed by atoms with Crippen LogP contribution in [0.15, 0.2) is 0 Å². The molecule has 1 saturated carbocycles. The fourth-order valence-corrected chi connectivity index (χ4v) is 3.41. The first-order chi connectivity index (χ1) is 9.65. The maximum absolute atomic E-state index is 12.3. The molecule has 2 heterocycles. The number of hydrogen-bond acceptors (Lipinski definition) is 3. The molecule has 2 N–H and O–H groups in total. The van der Waals surface area contributed by atoms with Gasteiger partial charge in [-0.1, -0.05) is 0 Å². The van der Waals surface area contributed by atoms with Gasteiger partial charge in [0.1, 0.15) is 0 Å². The molecular formula is C14H22N2O4. The maximum Gasteiger partial charge on any atom is 0.317 e. The Hall–Kier alpha value is -1.30. The van der Waals surface area contributed by atoms with Gasteiger partial charge in [0, 0.05) is 19.2 Å². The molecule has 2 amide bonds. The van der Waals surface area contributed by atoms with Crippen LogP contribution in [-0.2, 0) is 9.53 Å². The molecular weight excluding hydrogens is 260 g/mol. The summed E-state index contributed by atoms with van der Waals surface area (Å²) in [5.41, 5.74) is 0. The Kier molecular flexibility index (Phi) is 3.83. The van der Waals surface area contributed by atoms with Crippen molar-refractivity contribution < 1.29 is 19.4 Å². The molecule has 3 aliphatic rings. The van der Waals surface area contributed by atoms with Crippen LogP contribution in [0, 0.1) is 5.92 Å². The van der Waals surface area contributed by atoms with E-state index in [-0.39, 0.29) is 30.6 Å². The van der Waals surface area contributed by atoms with Gasteiger partial charge in [-0.05, 0) is 38.0 Å². The van der Waals surface area contributed by atoms with Crippen LogP contribution in [0.4, 0.5) is 4.79 Å². The highest BCUT2D eigenvalue weighted by Gasteiger charge is 2.42. The van der Waals surface area contributed by atoms with Gasteiger partial charge in [0.05, 0.1) is 18.6 Å². The molecule has 3 atom stereocenters. The number of carbonyl (C=O) groups excluding carboxylic acids is 1. The molecule has 112 valence electrons. The van der Waals surface area contributed by atoms with Crippen molar-refractivity contribution in [3.63, 3.8) is 0 Å². The first kappa shape index (κ1) is 13.7. The van der Waals surface area contributed by atoms with E-state index in [2.05, 4.69) is 5.32 Å². The van der Waals surface area contributed by atoms with Gasteiger partial charge in [-0.2, -0.15) is 0 Å². The molecule has 2 aliphatic heterocycles. The molecule has 3 fully saturated rings. The van der Waals surface area contributed by atoms with Crippen molar-refractivity contribution >= 4 is 12.0 Å². The zero-order chi connectivity index (χ0) is 14.1. The normalized spacial score (nSPS) is 33.4. The number of carboxylic acid groups (broad SMARTS) is 1. The van der Waals surface area contributed by atoms with Gasteiger partial charge in [0.15, 0.2) is 0 Å². The standard InChI is InChI=1S/C14H22N2O4/c17-12(18)8-10-2-1-6-16(10)14(19)15-11-5-7-20-13(11)9-3-4-9/h9-11,13H,1-8H2,(H,15,19)(H,17,18). The van der Waals surface area contributed by atoms with E-state index in [1.165, 1.54) is 12.8 Å². The number of carboxylic acids is 1. The fraction of sp³-hybridized carbons (Fsp3) is 0.857. The molecule has 1 aliphatic carbocycles. The van der Waals surface area contributed by atoms with E-state index >= 15 is 0 Å². The molecule has 0 bridgehead atoms. The highest BCUT2D eigenvalue weighted by atomic mass is 16.5.